The summed E-state index contributed by atoms with van der Waals surface area (Å²) < 4.78 is 34.5. The van der Waals surface area contributed by atoms with Crippen LogP contribution in [0.25, 0.3) is 5.69 Å². The Hall–Kier alpha value is -2.93. The summed E-state index contributed by atoms with van der Waals surface area (Å²) in [5.74, 6) is -3.31. The van der Waals surface area contributed by atoms with Crippen LogP contribution in [0.5, 0.6) is 5.75 Å². The minimum atomic E-state index is -0.851. The molecule has 0 aliphatic rings. The fourth-order valence-electron chi connectivity index (χ4n) is 3.25. The van der Waals surface area contributed by atoms with Crippen molar-refractivity contribution in [2.75, 3.05) is 7.11 Å². The minimum absolute atomic E-state index is 0.180. The molecule has 1 atom stereocenters. The van der Waals surface area contributed by atoms with Crippen LogP contribution in [-0.4, -0.2) is 22.8 Å². The van der Waals surface area contributed by atoms with Gasteiger partial charge in [0, 0.05) is 10.4 Å². The van der Waals surface area contributed by atoms with E-state index in [2.05, 4.69) is 26.1 Å². The number of hydrogen-bond donors (Lipinski definition) is 1. The molecule has 8 heteroatoms. The van der Waals surface area contributed by atoms with Gasteiger partial charge in [0.05, 0.1) is 36.6 Å². The number of aromatic nitrogens is 2. The molecular weight excluding hydrogens is 436 g/mol. The van der Waals surface area contributed by atoms with Gasteiger partial charge in [0.2, 0.25) is 5.91 Å². The second-order valence-corrected chi connectivity index (χ2v) is 9.06. The first kappa shape index (κ1) is 23.7. The van der Waals surface area contributed by atoms with Crippen LogP contribution in [-0.2, 0) is 16.8 Å². The fraction of sp³-hybridized carbons (Fsp3) is 0.333. The number of carbonyl (C=O) groups excluding carboxylic acids is 1. The highest BCUT2D eigenvalue weighted by atomic mass is 35.5. The largest absolute Gasteiger partial charge is 0.491 e. The van der Waals surface area contributed by atoms with Crippen LogP contribution in [0.1, 0.15) is 50.6 Å². The first-order chi connectivity index (χ1) is 15.0. The van der Waals surface area contributed by atoms with E-state index in [1.54, 1.807) is 23.7 Å². The molecule has 0 radical (unpaired) electrons. The highest BCUT2D eigenvalue weighted by Gasteiger charge is 2.23. The molecule has 1 aromatic heterocycles. The number of nitrogens with one attached hydrogen (secondary N) is 1. The third kappa shape index (κ3) is 5.10. The van der Waals surface area contributed by atoms with Gasteiger partial charge >= 0.3 is 0 Å². The van der Waals surface area contributed by atoms with E-state index in [0.717, 1.165) is 29.2 Å². The van der Waals surface area contributed by atoms with Gasteiger partial charge in [-0.3, -0.25) is 4.79 Å². The molecular formula is C24H26ClF2N3O2. The number of ether oxygens (including phenoxy) is 1. The summed E-state index contributed by atoms with van der Waals surface area (Å²) in [6.07, 6.45) is 0. The van der Waals surface area contributed by atoms with Gasteiger partial charge in [-0.1, -0.05) is 38.4 Å². The highest BCUT2D eigenvalue weighted by molar-refractivity contribution is 6.30. The van der Waals surface area contributed by atoms with Gasteiger partial charge in [0.25, 0.3) is 0 Å². The maximum atomic E-state index is 14.1. The first-order valence-electron chi connectivity index (χ1n) is 10.2. The topological polar surface area (TPSA) is 56.1 Å². The molecule has 0 aliphatic heterocycles. The van der Waals surface area contributed by atoms with E-state index in [0.29, 0.717) is 5.02 Å². The Morgan fingerprint density at radius 2 is 1.84 bits per heavy atom. The smallest absolute Gasteiger partial charge is 0.227 e. The summed E-state index contributed by atoms with van der Waals surface area (Å²) in [5, 5.41) is 8.13. The van der Waals surface area contributed by atoms with Crippen molar-refractivity contribution in [3.8, 4) is 11.4 Å². The number of carbonyl (C=O) groups is 1. The van der Waals surface area contributed by atoms with E-state index in [-0.39, 0.29) is 23.4 Å². The van der Waals surface area contributed by atoms with Crippen molar-refractivity contribution in [1.29, 1.82) is 0 Å². The molecule has 170 valence electrons. The maximum Gasteiger partial charge on any atom is 0.227 e. The van der Waals surface area contributed by atoms with Gasteiger partial charge in [-0.05, 0) is 48.9 Å². The lowest BCUT2D eigenvalue weighted by atomic mass is 9.92. The van der Waals surface area contributed by atoms with Crippen molar-refractivity contribution in [2.45, 2.75) is 45.6 Å². The number of rotatable bonds is 6. The molecule has 2 aromatic carbocycles. The summed E-state index contributed by atoms with van der Waals surface area (Å²) >= 11 is 6.15. The number of amides is 1. The summed E-state index contributed by atoms with van der Waals surface area (Å²) in [4.78, 5) is 12.8. The number of methoxy groups -OCH3 is 1. The maximum absolute atomic E-state index is 14.1. The molecule has 0 spiro atoms. The fourth-order valence-corrected chi connectivity index (χ4v) is 3.43. The second-order valence-electron chi connectivity index (χ2n) is 8.62. The predicted octanol–water partition coefficient (Wildman–Crippen LogP) is 5.53. The number of nitrogens with zero attached hydrogens (tertiary/aromatic N) is 2. The van der Waals surface area contributed by atoms with Crippen molar-refractivity contribution in [3.63, 3.8) is 0 Å². The van der Waals surface area contributed by atoms with E-state index < -0.39 is 23.3 Å². The van der Waals surface area contributed by atoms with Gasteiger partial charge in [0.15, 0.2) is 17.4 Å². The van der Waals surface area contributed by atoms with E-state index >= 15 is 0 Å². The number of benzene rings is 2. The predicted molar refractivity (Wildman–Crippen MR) is 120 cm³/mol. The Morgan fingerprint density at radius 3 is 2.41 bits per heavy atom. The summed E-state index contributed by atoms with van der Waals surface area (Å²) in [6.45, 7) is 7.92. The molecule has 1 heterocycles. The van der Waals surface area contributed by atoms with Gasteiger partial charge in [0.1, 0.15) is 0 Å². The molecule has 0 bridgehead atoms. The molecule has 1 N–H and O–H groups in total. The molecule has 1 unspecified atom stereocenters. The summed E-state index contributed by atoms with van der Waals surface area (Å²) in [5.41, 5.74) is 2.40. The molecule has 0 aliphatic carbocycles. The van der Waals surface area contributed by atoms with Crippen LogP contribution in [0.15, 0.2) is 42.5 Å². The van der Waals surface area contributed by atoms with Crippen LogP contribution >= 0.6 is 11.6 Å². The Balaban J connectivity index is 1.84. The van der Waals surface area contributed by atoms with Crippen molar-refractivity contribution in [2.24, 2.45) is 0 Å². The van der Waals surface area contributed by atoms with Crippen LogP contribution in [0.4, 0.5) is 8.78 Å². The summed E-state index contributed by atoms with van der Waals surface area (Å²) in [7, 11) is 1.19. The van der Waals surface area contributed by atoms with Gasteiger partial charge in [-0.25, -0.2) is 13.5 Å². The van der Waals surface area contributed by atoms with Crippen LogP contribution in [0.2, 0.25) is 5.02 Å². The number of hydrogen-bond acceptors (Lipinski definition) is 3. The van der Waals surface area contributed by atoms with Crippen molar-refractivity contribution >= 4 is 17.5 Å². The van der Waals surface area contributed by atoms with E-state index in [1.165, 1.54) is 7.11 Å². The zero-order chi connectivity index (χ0) is 23.6. The van der Waals surface area contributed by atoms with E-state index in [1.807, 2.05) is 18.2 Å². The average molecular weight is 462 g/mol. The van der Waals surface area contributed by atoms with Gasteiger partial charge in [-0.2, -0.15) is 5.10 Å². The molecule has 1 amide bonds. The second kappa shape index (κ2) is 9.28. The Morgan fingerprint density at radius 1 is 1.19 bits per heavy atom. The highest BCUT2D eigenvalue weighted by Crippen LogP contribution is 2.28. The molecule has 0 saturated heterocycles. The van der Waals surface area contributed by atoms with Crippen LogP contribution in [0, 0.1) is 11.6 Å². The van der Waals surface area contributed by atoms with Crippen molar-refractivity contribution in [1.82, 2.24) is 15.1 Å². The normalized spacial score (nSPS) is 12.5. The third-order valence-corrected chi connectivity index (χ3v) is 5.40. The standard InChI is InChI=1S/C24H26ClF2N3O2/c1-14(15-9-19(26)22(32-5)20(27)10-15)23(31)28-13-18-12-21(24(2,3)4)29-30(18)17-8-6-7-16(25)11-17/h6-12,14H,13H2,1-5H3,(H,28,31). The van der Waals surface area contributed by atoms with Crippen molar-refractivity contribution < 1.29 is 18.3 Å². The minimum Gasteiger partial charge on any atom is -0.491 e. The average Bonchev–Trinajstić information content (AvgIpc) is 3.16. The van der Waals surface area contributed by atoms with Crippen molar-refractivity contribution in [3.05, 3.63) is 76.1 Å². The first-order valence-corrected chi connectivity index (χ1v) is 10.5. The summed E-state index contributed by atoms with van der Waals surface area (Å²) in [6, 6.07) is 11.4. The molecule has 0 fully saturated rings. The van der Waals surface area contributed by atoms with E-state index in [4.69, 9.17) is 21.4 Å². The zero-order valence-electron chi connectivity index (χ0n) is 18.7. The Labute approximate surface area is 191 Å². The lowest BCUT2D eigenvalue weighted by Crippen LogP contribution is -2.28. The van der Waals surface area contributed by atoms with Crippen LogP contribution < -0.4 is 10.1 Å². The lowest BCUT2D eigenvalue weighted by Gasteiger charge is -2.15. The SMILES string of the molecule is COc1c(F)cc(C(C)C(=O)NCc2cc(C(C)(C)C)nn2-c2cccc(Cl)c2)cc1F. The van der Waals surface area contributed by atoms with Crippen LogP contribution in [0.3, 0.4) is 0 Å². The molecule has 0 saturated carbocycles. The Kier molecular flexibility index (Phi) is 6.88. The zero-order valence-corrected chi connectivity index (χ0v) is 19.4. The van der Waals surface area contributed by atoms with E-state index in [9.17, 15) is 13.6 Å². The molecule has 3 rings (SSSR count). The molecule has 5 nitrogen and oxygen atoms in total. The monoisotopic (exact) mass is 461 g/mol. The molecule has 32 heavy (non-hydrogen) atoms. The van der Waals surface area contributed by atoms with Gasteiger partial charge < -0.3 is 10.1 Å². The lowest BCUT2D eigenvalue weighted by molar-refractivity contribution is -0.122. The molecule has 3 aromatic rings. The Bertz CT molecular complexity index is 1120. The third-order valence-electron chi connectivity index (χ3n) is 5.17. The quantitative estimate of drug-likeness (QED) is 0.525. The number of halogens is 3. The van der Waals surface area contributed by atoms with Gasteiger partial charge in [-0.15, -0.1) is 0 Å².